The maximum absolute atomic E-state index is 12.4. The summed E-state index contributed by atoms with van der Waals surface area (Å²) in [7, 11) is 3.43. The van der Waals surface area contributed by atoms with Gasteiger partial charge in [0.25, 0.3) is 0 Å². The minimum absolute atomic E-state index is 0.322. The molecule has 0 amide bonds. The molecule has 0 saturated carbocycles. The van der Waals surface area contributed by atoms with Crippen molar-refractivity contribution in [3.05, 3.63) is 41.1 Å². The monoisotopic (exact) mass is 320 g/mol. The second-order valence-electron chi connectivity index (χ2n) is 4.90. The van der Waals surface area contributed by atoms with Gasteiger partial charge in [-0.05, 0) is 32.1 Å². The van der Waals surface area contributed by atoms with Crippen LogP contribution in [0.2, 0.25) is 0 Å². The van der Waals surface area contributed by atoms with Crippen LogP contribution in [0.15, 0.2) is 35.5 Å². The molecule has 0 radical (unpaired) electrons. The lowest BCUT2D eigenvalue weighted by Crippen LogP contribution is -2.46. The highest BCUT2D eigenvalue weighted by Gasteiger charge is 2.34. The zero-order valence-corrected chi connectivity index (χ0v) is 14.0. The van der Waals surface area contributed by atoms with Crippen LogP contribution in [0.3, 0.4) is 0 Å². The smallest absolute Gasteiger partial charge is 0.338 e. The van der Waals surface area contributed by atoms with Crippen LogP contribution < -0.4 is 10.1 Å². The summed E-state index contributed by atoms with van der Waals surface area (Å²) in [6.45, 7) is 3.97. The molecule has 1 atom stereocenters. The minimum Gasteiger partial charge on any atom is -0.496 e. The molecule has 2 rings (SSSR count). The minimum atomic E-state index is -0.390. The first-order valence-electron chi connectivity index (χ1n) is 7.06. The van der Waals surface area contributed by atoms with E-state index in [2.05, 4.69) is 5.32 Å². The van der Waals surface area contributed by atoms with Gasteiger partial charge in [0.05, 0.1) is 25.3 Å². The third kappa shape index (κ3) is 2.92. The lowest BCUT2D eigenvalue weighted by atomic mass is 9.94. The van der Waals surface area contributed by atoms with Crippen LogP contribution in [0.1, 0.15) is 25.5 Å². The Morgan fingerprint density at radius 2 is 2.09 bits per heavy atom. The first kappa shape index (κ1) is 16.3. The molecular formula is C16H20N2O3S. The van der Waals surface area contributed by atoms with Gasteiger partial charge in [0.1, 0.15) is 5.75 Å². The Kier molecular flexibility index (Phi) is 5.03. The highest BCUT2D eigenvalue weighted by atomic mass is 32.1. The number of methoxy groups -OCH3 is 1. The number of nitrogens with zero attached hydrogens (tertiary/aromatic N) is 1. The first-order chi connectivity index (χ1) is 10.5. The van der Waals surface area contributed by atoms with E-state index in [4.69, 9.17) is 21.7 Å². The normalized spacial score (nSPS) is 18.1. The number of allylic oxidation sites excluding steroid dienone is 1. The van der Waals surface area contributed by atoms with Crippen LogP contribution >= 0.6 is 12.2 Å². The summed E-state index contributed by atoms with van der Waals surface area (Å²) in [5, 5.41) is 3.75. The Hall–Kier alpha value is -2.08. The van der Waals surface area contributed by atoms with Gasteiger partial charge in [-0.2, -0.15) is 0 Å². The van der Waals surface area contributed by atoms with Crippen molar-refractivity contribution in [1.29, 1.82) is 0 Å². The summed E-state index contributed by atoms with van der Waals surface area (Å²) in [6.07, 6.45) is 0. The zero-order chi connectivity index (χ0) is 16.3. The fraction of sp³-hybridized carbons (Fsp3) is 0.375. The van der Waals surface area contributed by atoms with Gasteiger partial charge in [0.15, 0.2) is 5.11 Å². The number of rotatable bonds is 4. The van der Waals surface area contributed by atoms with E-state index in [1.165, 1.54) is 0 Å². The number of carbonyl (C=O) groups is 1. The third-order valence-electron chi connectivity index (χ3n) is 3.70. The Bertz CT molecular complexity index is 628. The topological polar surface area (TPSA) is 50.8 Å². The van der Waals surface area contributed by atoms with Gasteiger partial charge in [0.2, 0.25) is 0 Å². The Labute approximate surface area is 135 Å². The van der Waals surface area contributed by atoms with Gasteiger partial charge in [0, 0.05) is 18.3 Å². The summed E-state index contributed by atoms with van der Waals surface area (Å²) in [5.41, 5.74) is 2.17. The van der Waals surface area contributed by atoms with Gasteiger partial charge < -0.3 is 19.7 Å². The van der Waals surface area contributed by atoms with E-state index in [0.717, 1.165) is 11.3 Å². The van der Waals surface area contributed by atoms with Gasteiger partial charge in [-0.25, -0.2) is 4.79 Å². The molecule has 5 nitrogen and oxygen atoms in total. The van der Waals surface area contributed by atoms with Gasteiger partial charge >= 0.3 is 5.97 Å². The highest BCUT2D eigenvalue weighted by molar-refractivity contribution is 7.80. The third-order valence-corrected chi connectivity index (χ3v) is 4.09. The van der Waals surface area contributed by atoms with Crippen LogP contribution in [0.25, 0.3) is 0 Å². The molecule has 1 aliphatic heterocycles. The molecule has 1 aliphatic rings. The molecule has 22 heavy (non-hydrogen) atoms. The van der Waals surface area contributed by atoms with Crippen molar-refractivity contribution in [2.75, 3.05) is 20.8 Å². The molecule has 0 saturated heterocycles. The number of nitrogens with one attached hydrogen (secondary N) is 1. The molecule has 0 spiro atoms. The lowest BCUT2D eigenvalue weighted by Gasteiger charge is -2.35. The van der Waals surface area contributed by atoms with E-state index in [0.29, 0.717) is 23.0 Å². The fourth-order valence-corrected chi connectivity index (χ4v) is 2.70. The molecule has 0 unspecified atom stereocenters. The van der Waals surface area contributed by atoms with Gasteiger partial charge in [-0.1, -0.05) is 18.2 Å². The predicted molar refractivity (Wildman–Crippen MR) is 88.6 cm³/mol. The first-order valence-corrected chi connectivity index (χ1v) is 7.47. The number of ether oxygens (including phenoxy) is 2. The second kappa shape index (κ2) is 6.79. The number of para-hydroxylation sites is 1. The van der Waals surface area contributed by atoms with Crippen molar-refractivity contribution in [1.82, 2.24) is 10.2 Å². The lowest BCUT2D eigenvalue weighted by molar-refractivity contribution is -0.139. The molecule has 1 aromatic carbocycles. The van der Waals surface area contributed by atoms with Crippen LogP contribution in [-0.4, -0.2) is 36.7 Å². The van der Waals surface area contributed by atoms with Crippen molar-refractivity contribution in [2.24, 2.45) is 0 Å². The van der Waals surface area contributed by atoms with Crippen molar-refractivity contribution in [2.45, 2.75) is 19.9 Å². The maximum atomic E-state index is 12.4. The molecule has 118 valence electrons. The molecule has 0 aliphatic carbocycles. The predicted octanol–water partition coefficient (Wildman–Crippen LogP) is 2.39. The number of thiocarbonyl (C=S) groups is 1. The summed E-state index contributed by atoms with van der Waals surface area (Å²) < 4.78 is 10.6. The van der Waals surface area contributed by atoms with Crippen molar-refractivity contribution < 1.29 is 14.3 Å². The number of benzene rings is 1. The molecule has 0 fully saturated rings. The summed E-state index contributed by atoms with van der Waals surface area (Å²) >= 11 is 5.35. The van der Waals surface area contributed by atoms with E-state index < -0.39 is 0 Å². The molecule has 1 aromatic rings. The Morgan fingerprint density at radius 3 is 2.73 bits per heavy atom. The molecule has 1 heterocycles. The molecule has 0 aromatic heterocycles. The number of esters is 1. The van der Waals surface area contributed by atoms with Crippen LogP contribution in [-0.2, 0) is 9.53 Å². The highest BCUT2D eigenvalue weighted by Crippen LogP contribution is 2.35. The second-order valence-corrected chi connectivity index (χ2v) is 5.29. The average molecular weight is 320 g/mol. The quantitative estimate of drug-likeness (QED) is 0.679. The molecular weight excluding hydrogens is 300 g/mol. The summed E-state index contributed by atoms with van der Waals surface area (Å²) in [6, 6.07) is 7.17. The number of hydrogen-bond acceptors (Lipinski definition) is 4. The van der Waals surface area contributed by atoms with Crippen molar-refractivity contribution in [3.63, 3.8) is 0 Å². The van der Waals surface area contributed by atoms with Crippen LogP contribution in [0.5, 0.6) is 5.75 Å². The van der Waals surface area contributed by atoms with E-state index in [9.17, 15) is 4.79 Å². The fourth-order valence-electron chi connectivity index (χ4n) is 2.45. The van der Waals surface area contributed by atoms with Crippen molar-refractivity contribution in [3.8, 4) is 5.75 Å². The Morgan fingerprint density at radius 1 is 1.41 bits per heavy atom. The van der Waals surface area contributed by atoms with Crippen LogP contribution in [0, 0.1) is 0 Å². The van der Waals surface area contributed by atoms with Crippen molar-refractivity contribution >= 4 is 23.3 Å². The maximum Gasteiger partial charge on any atom is 0.338 e. The molecule has 6 heteroatoms. The Balaban J connectivity index is 2.56. The summed E-state index contributed by atoms with van der Waals surface area (Å²) in [4.78, 5) is 14.2. The SMILES string of the molecule is CCOC(=O)C1=C(C)N(C)C(=S)N[C@H]1c1ccccc1OC. The largest absolute Gasteiger partial charge is 0.496 e. The van der Waals surface area contributed by atoms with E-state index >= 15 is 0 Å². The van der Waals surface area contributed by atoms with Gasteiger partial charge in [-0.15, -0.1) is 0 Å². The number of hydrogen-bond donors (Lipinski definition) is 1. The van der Waals surface area contributed by atoms with E-state index in [1.807, 2.05) is 38.2 Å². The average Bonchev–Trinajstić information content (AvgIpc) is 2.52. The molecule has 1 N–H and O–H groups in total. The summed E-state index contributed by atoms with van der Waals surface area (Å²) in [5.74, 6) is 0.347. The molecule has 0 bridgehead atoms. The van der Waals surface area contributed by atoms with Crippen LogP contribution in [0.4, 0.5) is 0 Å². The van der Waals surface area contributed by atoms with Gasteiger partial charge in [-0.3, -0.25) is 0 Å². The van der Waals surface area contributed by atoms with E-state index in [1.54, 1.807) is 18.9 Å². The standard InChI is InChI=1S/C16H20N2O3S/c1-5-21-15(19)13-10(2)18(3)16(22)17-14(13)11-8-6-7-9-12(11)20-4/h6-9,14H,5H2,1-4H3,(H,17,22)/t14-/m0/s1. The zero-order valence-electron chi connectivity index (χ0n) is 13.2. The number of carbonyl (C=O) groups excluding carboxylic acids is 1. The van der Waals surface area contributed by atoms with E-state index in [-0.39, 0.29) is 12.0 Å².